The van der Waals surface area contributed by atoms with Gasteiger partial charge in [0, 0.05) is 26.1 Å². The first-order valence-corrected chi connectivity index (χ1v) is 8.52. The lowest BCUT2D eigenvalue weighted by molar-refractivity contribution is 0.325. The van der Waals surface area contributed by atoms with Crippen molar-refractivity contribution >= 4 is 16.0 Å². The Hall–Kier alpha value is -1.15. The molecule has 0 amide bonds. The Morgan fingerprint density at radius 1 is 1.35 bits per heavy atom. The van der Waals surface area contributed by atoms with Crippen molar-refractivity contribution in [2.75, 3.05) is 24.2 Å². The molecule has 1 aliphatic heterocycles. The summed E-state index contributed by atoms with van der Waals surface area (Å²) in [5, 5.41) is 10.8. The van der Waals surface area contributed by atoms with E-state index in [0.29, 0.717) is 25.0 Å². The summed E-state index contributed by atoms with van der Waals surface area (Å²) in [5.41, 5.74) is 0. The minimum atomic E-state index is -3.12. The van der Waals surface area contributed by atoms with Crippen LogP contribution in [0.4, 0.5) is 6.01 Å². The molecule has 8 heteroatoms. The van der Waals surface area contributed by atoms with Crippen LogP contribution in [0.3, 0.4) is 0 Å². The fourth-order valence-corrected chi connectivity index (χ4v) is 4.15. The number of nitrogens with one attached hydrogen (secondary N) is 1. The highest BCUT2D eigenvalue weighted by molar-refractivity contribution is 7.89. The quantitative estimate of drug-likeness (QED) is 0.880. The summed E-state index contributed by atoms with van der Waals surface area (Å²) >= 11 is 0. The third-order valence-corrected chi connectivity index (χ3v) is 5.48. The summed E-state index contributed by atoms with van der Waals surface area (Å²) in [6.45, 7) is 6.66. The summed E-state index contributed by atoms with van der Waals surface area (Å²) in [4.78, 5) is 0. The molecule has 114 valence electrons. The summed E-state index contributed by atoms with van der Waals surface area (Å²) in [5.74, 6) is 0.884. The fourth-order valence-electron chi connectivity index (χ4n) is 2.33. The largest absolute Gasteiger partial charge is 0.408 e. The van der Waals surface area contributed by atoms with Crippen LogP contribution >= 0.6 is 0 Å². The topological polar surface area (TPSA) is 88.3 Å². The van der Waals surface area contributed by atoms with E-state index in [1.54, 1.807) is 11.2 Å². The molecule has 0 aliphatic carbocycles. The van der Waals surface area contributed by atoms with E-state index in [1.165, 1.54) is 0 Å². The van der Waals surface area contributed by atoms with Gasteiger partial charge in [-0.05, 0) is 18.8 Å². The number of nitrogens with zero attached hydrogens (tertiary/aromatic N) is 3. The van der Waals surface area contributed by atoms with Crippen molar-refractivity contribution in [1.29, 1.82) is 0 Å². The predicted octanol–water partition coefficient (Wildman–Crippen LogP) is 1.24. The average molecular weight is 302 g/mol. The first-order valence-electron chi connectivity index (χ1n) is 6.91. The lowest BCUT2D eigenvalue weighted by atomic mass is 10.1. The molecule has 1 N–H and O–H groups in total. The first kappa shape index (κ1) is 15.2. The molecule has 0 atom stereocenters. The van der Waals surface area contributed by atoms with Gasteiger partial charge >= 0.3 is 6.01 Å². The second-order valence-electron chi connectivity index (χ2n) is 5.62. The van der Waals surface area contributed by atoms with Gasteiger partial charge < -0.3 is 9.73 Å². The van der Waals surface area contributed by atoms with E-state index in [0.717, 1.165) is 12.8 Å². The Morgan fingerprint density at radius 3 is 2.50 bits per heavy atom. The van der Waals surface area contributed by atoms with Crippen LogP contribution in [-0.2, 0) is 10.0 Å². The second-order valence-corrected chi connectivity index (χ2v) is 7.63. The van der Waals surface area contributed by atoms with Gasteiger partial charge in [0.25, 0.3) is 0 Å². The molecule has 1 aromatic heterocycles. The van der Waals surface area contributed by atoms with E-state index in [2.05, 4.69) is 15.5 Å². The highest BCUT2D eigenvalue weighted by Crippen LogP contribution is 2.19. The highest BCUT2D eigenvalue weighted by atomic mass is 32.2. The van der Waals surface area contributed by atoms with Gasteiger partial charge in [-0.15, -0.1) is 5.10 Å². The standard InChI is InChI=1S/C12H22N4O3S/c1-9(2)8-20(17,18)16-6-4-11(5-7-16)13-12-15-14-10(3)19-12/h9,11H,4-8H2,1-3H3,(H,13,15). The normalized spacial score (nSPS) is 18.6. The van der Waals surface area contributed by atoms with Crippen molar-refractivity contribution in [3.8, 4) is 0 Å². The minimum absolute atomic E-state index is 0.150. The number of anilines is 1. The van der Waals surface area contributed by atoms with Gasteiger partial charge in [0.2, 0.25) is 15.9 Å². The van der Waals surface area contributed by atoms with E-state index in [-0.39, 0.29) is 17.7 Å². The van der Waals surface area contributed by atoms with Gasteiger partial charge in [0.1, 0.15) is 0 Å². The Morgan fingerprint density at radius 2 is 2.00 bits per heavy atom. The number of sulfonamides is 1. The Labute approximate surface area is 119 Å². The zero-order valence-corrected chi connectivity index (χ0v) is 13.0. The molecule has 0 radical (unpaired) electrons. The van der Waals surface area contributed by atoms with Crippen molar-refractivity contribution in [2.45, 2.75) is 39.7 Å². The molecule has 1 aromatic rings. The molecule has 0 spiro atoms. The number of rotatable bonds is 5. The van der Waals surface area contributed by atoms with E-state index >= 15 is 0 Å². The van der Waals surface area contributed by atoms with Crippen LogP contribution < -0.4 is 5.32 Å². The monoisotopic (exact) mass is 302 g/mol. The van der Waals surface area contributed by atoms with Crippen LogP contribution in [0.1, 0.15) is 32.6 Å². The maximum absolute atomic E-state index is 12.1. The van der Waals surface area contributed by atoms with Crippen LogP contribution in [-0.4, -0.2) is 47.8 Å². The van der Waals surface area contributed by atoms with E-state index in [4.69, 9.17) is 4.42 Å². The van der Waals surface area contributed by atoms with Crippen LogP contribution in [0.5, 0.6) is 0 Å². The summed E-state index contributed by atoms with van der Waals surface area (Å²) < 4.78 is 31.1. The smallest absolute Gasteiger partial charge is 0.315 e. The van der Waals surface area contributed by atoms with Gasteiger partial charge in [-0.2, -0.15) is 0 Å². The summed E-state index contributed by atoms with van der Waals surface area (Å²) in [7, 11) is -3.12. The third kappa shape index (κ3) is 3.92. The molecule has 1 fully saturated rings. The number of aryl methyl sites for hydroxylation is 1. The highest BCUT2D eigenvalue weighted by Gasteiger charge is 2.28. The maximum atomic E-state index is 12.1. The summed E-state index contributed by atoms with van der Waals surface area (Å²) in [6.07, 6.45) is 1.50. The van der Waals surface area contributed by atoms with Crippen LogP contribution in [0.2, 0.25) is 0 Å². The minimum Gasteiger partial charge on any atom is -0.408 e. The van der Waals surface area contributed by atoms with Crippen molar-refractivity contribution < 1.29 is 12.8 Å². The van der Waals surface area contributed by atoms with Crippen molar-refractivity contribution in [3.63, 3.8) is 0 Å². The van der Waals surface area contributed by atoms with E-state index in [9.17, 15) is 8.42 Å². The number of aromatic nitrogens is 2. The Balaban J connectivity index is 1.86. The van der Waals surface area contributed by atoms with Crippen LogP contribution in [0, 0.1) is 12.8 Å². The fraction of sp³-hybridized carbons (Fsp3) is 0.833. The van der Waals surface area contributed by atoms with Gasteiger partial charge in [-0.1, -0.05) is 18.9 Å². The van der Waals surface area contributed by atoms with E-state index < -0.39 is 10.0 Å². The lowest BCUT2D eigenvalue weighted by Crippen LogP contribution is -2.43. The first-order chi connectivity index (χ1) is 9.37. The molecule has 1 aliphatic rings. The Bertz CT molecular complexity index is 533. The second kappa shape index (κ2) is 6.09. The van der Waals surface area contributed by atoms with E-state index in [1.807, 2.05) is 13.8 Å². The van der Waals surface area contributed by atoms with Crippen molar-refractivity contribution in [3.05, 3.63) is 5.89 Å². The SMILES string of the molecule is Cc1nnc(NC2CCN(S(=O)(=O)CC(C)C)CC2)o1. The molecular formula is C12H22N4O3S. The molecule has 2 heterocycles. The molecule has 0 aromatic carbocycles. The molecule has 0 bridgehead atoms. The van der Waals surface area contributed by atoms with Crippen LogP contribution in [0.15, 0.2) is 4.42 Å². The Kier molecular flexibility index (Phi) is 4.64. The molecular weight excluding hydrogens is 280 g/mol. The predicted molar refractivity (Wildman–Crippen MR) is 75.9 cm³/mol. The number of piperidine rings is 1. The number of hydrogen-bond acceptors (Lipinski definition) is 6. The number of hydrogen-bond donors (Lipinski definition) is 1. The van der Waals surface area contributed by atoms with Crippen LogP contribution in [0.25, 0.3) is 0 Å². The third-order valence-electron chi connectivity index (χ3n) is 3.24. The van der Waals surface area contributed by atoms with Gasteiger partial charge in [0.05, 0.1) is 5.75 Å². The lowest BCUT2D eigenvalue weighted by Gasteiger charge is -2.31. The molecule has 2 rings (SSSR count). The summed E-state index contributed by atoms with van der Waals surface area (Å²) in [6, 6.07) is 0.589. The van der Waals surface area contributed by atoms with Gasteiger partial charge in [-0.3, -0.25) is 0 Å². The molecule has 20 heavy (non-hydrogen) atoms. The van der Waals surface area contributed by atoms with Crippen molar-refractivity contribution in [1.82, 2.24) is 14.5 Å². The molecule has 0 saturated carbocycles. The van der Waals surface area contributed by atoms with Gasteiger partial charge in [-0.25, -0.2) is 12.7 Å². The average Bonchev–Trinajstić information content (AvgIpc) is 2.74. The van der Waals surface area contributed by atoms with Crippen molar-refractivity contribution in [2.24, 2.45) is 5.92 Å². The zero-order valence-electron chi connectivity index (χ0n) is 12.2. The molecule has 1 saturated heterocycles. The zero-order chi connectivity index (χ0) is 14.8. The van der Waals surface area contributed by atoms with Gasteiger partial charge in [0.15, 0.2) is 0 Å². The molecule has 0 unspecified atom stereocenters. The molecule has 7 nitrogen and oxygen atoms in total. The maximum Gasteiger partial charge on any atom is 0.315 e.